The lowest BCUT2D eigenvalue weighted by molar-refractivity contribution is -0.188. The van der Waals surface area contributed by atoms with Crippen LogP contribution in [0.1, 0.15) is 48.1 Å². The average molecular weight is 421 g/mol. The number of benzene rings is 2. The Morgan fingerprint density at radius 2 is 1.83 bits per heavy atom. The van der Waals surface area contributed by atoms with Crippen molar-refractivity contribution in [1.82, 2.24) is 0 Å². The first-order valence-electron chi connectivity index (χ1n) is 9.77. The number of aryl methyl sites for hydroxylation is 1. The SMILES string of the molecule is CCc1ccc([C@@H]2CS(=O)c3ccc(C(OC(CO)C(C)O)C(O)O)cc32)cc1. The molecule has 7 heteroatoms. The molecular weight excluding hydrogens is 392 g/mol. The quantitative estimate of drug-likeness (QED) is 0.484. The number of ether oxygens (including phenoxy) is 1. The second-order valence-electron chi connectivity index (χ2n) is 7.39. The lowest BCUT2D eigenvalue weighted by Crippen LogP contribution is -2.35. The van der Waals surface area contributed by atoms with Crippen LogP contribution in [0.5, 0.6) is 0 Å². The molecule has 0 radical (unpaired) electrons. The fourth-order valence-electron chi connectivity index (χ4n) is 3.63. The summed E-state index contributed by atoms with van der Waals surface area (Å²) < 4.78 is 18.2. The van der Waals surface area contributed by atoms with Crippen LogP contribution in [0.25, 0.3) is 0 Å². The zero-order valence-corrected chi connectivity index (χ0v) is 17.4. The van der Waals surface area contributed by atoms with E-state index in [1.165, 1.54) is 12.5 Å². The van der Waals surface area contributed by atoms with Crippen molar-refractivity contribution < 1.29 is 29.4 Å². The third-order valence-corrected chi connectivity index (χ3v) is 6.90. The third kappa shape index (κ3) is 4.77. The minimum absolute atomic E-state index is 0.0569. The van der Waals surface area contributed by atoms with E-state index in [1.807, 2.05) is 12.1 Å². The maximum atomic E-state index is 12.6. The minimum Gasteiger partial charge on any atom is -0.394 e. The number of rotatable bonds is 8. The molecule has 0 saturated carbocycles. The van der Waals surface area contributed by atoms with Gasteiger partial charge in [-0.2, -0.15) is 0 Å². The third-order valence-electron chi connectivity index (χ3n) is 5.40. The summed E-state index contributed by atoms with van der Waals surface area (Å²) in [4.78, 5) is 0.735. The topological polar surface area (TPSA) is 107 Å². The molecule has 2 aromatic rings. The van der Waals surface area contributed by atoms with Crippen molar-refractivity contribution in [3.05, 3.63) is 64.7 Å². The number of hydrogen-bond acceptors (Lipinski definition) is 6. The van der Waals surface area contributed by atoms with E-state index >= 15 is 0 Å². The Bertz CT molecular complexity index is 849. The number of hydrogen-bond donors (Lipinski definition) is 4. The monoisotopic (exact) mass is 420 g/mol. The van der Waals surface area contributed by atoms with Crippen molar-refractivity contribution in [3.8, 4) is 0 Å². The first kappa shape index (κ1) is 22.1. The molecule has 0 fully saturated rings. The largest absolute Gasteiger partial charge is 0.394 e. The first-order chi connectivity index (χ1) is 13.8. The second-order valence-corrected chi connectivity index (χ2v) is 8.85. The summed E-state index contributed by atoms with van der Waals surface area (Å²) in [5, 5.41) is 38.8. The molecule has 1 aliphatic heterocycles. The van der Waals surface area contributed by atoms with E-state index in [-0.39, 0.29) is 5.92 Å². The normalized spacial score (nSPS) is 21.8. The van der Waals surface area contributed by atoms with Gasteiger partial charge in [0, 0.05) is 16.6 Å². The fraction of sp³-hybridized carbons (Fsp3) is 0.455. The zero-order chi connectivity index (χ0) is 21.1. The summed E-state index contributed by atoms with van der Waals surface area (Å²) in [6.07, 6.45) is -3.98. The maximum absolute atomic E-state index is 12.6. The van der Waals surface area contributed by atoms with Gasteiger partial charge < -0.3 is 25.2 Å². The molecule has 2 aromatic carbocycles. The van der Waals surface area contributed by atoms with Crippen molar-refractivity contribution in [3.63, 3.8) is 0 Å². The summed E-state index contributed by atoms with van der Waals surface area (Å²) in [5.41, 5.74) is 3.65. The van der Waals surface area contributed by atoms with Crippen LogP contribution in [0.2, 0.25) is 0 Å². The van der Waals surface area contributed by atoms with Crippen LogP contribution in [0.15, 0.2) is 47.4 Å². The van der Waals surface area contributed by atoms with Gasteiger partial charge >= 0.3 is 0 Å². The molecule has 0 saturated heterocycles. The minimum atomic E-state index is -1.84. The predicted octanol–water partition coefficient (Wildman–Crippen LogP) is 1.61. The van der Waals surface area contributed by atoms with Crippen molar-refractivity contribution in [2.75, 3.05) is 12.4 Å². The molecule has 5 atom stereocenters. The van der Waals surface area contributed by atoms with E-state index in [2.05, 4.69) is 19.1 Å². The molecule has 0 bridgehead atoms. The molecule has 0 amide bonds. The standard InChI is InChI=1S/C22H28O6S/c1-3-14-4-6-15(7-5-14)18-12-29(27)20-9-8-16(10-17(18)20)21(22(25)26)28-19(11-23)13(2)24/h4-10,13,18-19,21-26H,3,11-12H2,1-2H3/t13?,18-,19?,21?,29?/m0/s1. The zero-order valence-electron chi connectivity index (χ0n) is 16.6. The van der Waals surface area contributed by atoms with Crippen LogP contribution in [-0.2, 0) is 22.0 Å². The predicted molar refractivity (Wildman–Crippen MR) is 110 cm³/mol. The van der Waals surface area contributed by atoms with E-state index in [4.69, 9.17) is 4.74 Å². The Kier molecular flexibility index (Phi) is 7.21. The smallest absolute Gasteiger partial charge is 0.182 e. The van der Waals surface area contributed by atoms with Crippen molar-refractivity contribution in [2.45, 2.75) is 55.7 Å². The van der Waals surface area contributed by atoms with Gasteiger partial charge in [-0.05, 0) is 41.7 Å². The fourth-order valence-corrected chi connectivity index (χ4v) is 5.17. The molecule has 29 heavy (non-hydrogen) atoms. The van der Waals surface area contributed by atoms with E-state index in [0.717, 1.165) is 22.4 Å². The van der Waals surface area contributed by atoms with Crippen LogP contribution in [0.4, 0.5) is 0 Å². The second kappa shape index (κ2) is 9.47. The van der Waals surface area contributed by atoms with Gasteiger partial charge in [-0.3, -0.25) is 4.21 Å². The highest BCUT2D eigenvalue weighted by Crippen LogP contribution is 2.39. The summed E-state index contributed by atoms with van der Waals surface area (Å²) in [6.45, 7) is 3.10. The first-order valence-corrected chi connectivity index (χ1v) is 11.1. The molecule has 1 aliphatic rings. The van der Waals surface area contributed by atoms with Crippen LogP contribution in [-0.4, -0.2) is 55.5 Å². The van der Waals surface area contributed by atoms with Gasteiger partial charge in [-0.1, -0.05) is 43.3 Å². The Morgan fingerprint density at radius 1 is 1.14 bits per heavy atom. The van der Waals surface area contributed by atoms with E-state index in [1.54, 1.807) is 18.2 Å². The molecule has 0 aliphatic carbocycles. The molecule has 3 rings (SSSR count). The van der Waals surface area contributed by atoms with E-state index in [9.17, 15) is 24.6 Å². The van der Waals surface area contributed by atoms with Gasteiger partial charge in [0.05, 0.1) is 23.5 Å². The molecule has 0 spiro atoms. The molecule has 4 unspecified atom stereocenters. The van der Waals surface area contributed by atoms with Gasteiger partial charge in [0.25, 0.3) is 0 Å². The highest BCUT2D eigenvalue weighted by molar-refractivity contribution is 7.85. The van der Waals surface area contributed by atoms with Crippen LogP contribution >= 0.6 is 0 Å². The van der Waals surface area contributed by atoms with Gasteiger partial charge in [-0.15, -0.1) is 0 Å². The van der Waals surface area contributed by atoms with Crippen molar-refractivity contribution in [2.24, 2.45) is 0 Å². The van der Waals surface area contributed by atoms with E-state index in [0.29, 0.717) is 11.3 Å². The lowest BCUT2D eigenvalue weighted by atomic mass is 9.90. The summed E-state index contributed by atoms with van der Waals surface area (Å²) in [5.74, 6) is 0.420. The Hall–Kier alpha value is -1.61. The number of aliphatic hydroxyl groups is 4. The van der Waals surface area contributed by atoms with Gasteiger partial charge in [-0.25, -0.2) is 0 Å². The Labute approximate surface area is 173 Å². The van der Waals surface area contributed by atoms with Crippen LogP contribution < -0.4 is 0 Å². The number of fused-ring (bicyclic) bond motifs is 1. The molecule has 4 N–H and O–H groups in total. The Balaban J connectivity index is 1.95. The Morgan fingerprint density at radius 3 is 2.38 bits per heavy atom. The van der Waals surface area contributed by atoms with Crippen molar-refractivity contribution >= 4 is 10.8 Å². The van der Waals surface area contributed by atoms with Gasteiger partial charge in [0.15, 0.2) is 6.29 Å². The lowest BCUT2D eigenvalue weighted by Gasteiger charge is -2.27. The van der Waals surface area contributed by atoms with Gasteiger partial charge in [0.1, 0.15) is 12.2 Å². The van der Waals surface area contributed by atoms with Crippen LogP contribution in [0, 0.1) is 0 Å². The van der Waals surface area contributed by atoms with E-state index < -0.39 is 42.0 Å². The highest BCUT2D eigenvalue weighted by atomic mass is 32.2. The summed E-state index contributed by atoms with van der Waals surface area (Å²) in [7, 11) is -1.13. The maximum Gasteiger partial charge on any atom is 0.182 e. The molecule has 158 valence electrons. The molecular formula is C22H28O6S. The van der Waals surface area contributed by atoms with Gasteiger partial charge in [0.2, 0.25) is 0 Å². The molecule has 0 aromatic heterocycles. The highest BCUT2D eigenvalue weighted by Gasteiger charge is 2.33. The summed E-state index contributed by atoms with van der Waals surface area (Å²) >= 11 is 0. The summed E-state index contributed by atoms with van der Waals surface area (Å²) in [6, 6.07) is 13.4. The number of aliphatic hydroxyl groups excluding tert-OH is 3. The average Bonchev–Trinajstić information content (AvgIpc) is 3.04. The molecule has 6 nitrogen and oxygen atoms in total. The molecule has 1 heterocycles. The van der Waals surface area contributed by atoms with Crippen LogP contribution in [0.3, 0.4) is 0 Å². The van der Waals surface area contributed by atoms with Crippen molar-refractivity contribution in [1.29, 1.82) is 0 Å².